The number of carbonyl (C=O) groups is 2. The number of rotatable bonds is 4. The van der Waals surface area contributed by atoms with E-state index in [1.807, 2.05) is 0 Å². The molecule has 140 valence electrons. The first-order valence-corrected chi connectivity index (χ1v) is 8.50. The highest BCUT2D eigenvalue weighted by molar-refractivity contribution is 5.94. The summed E-state index contributed by atoms with van der Waals surface area (Å²) in [6, 6.07) is 11.7. The van der Waals surface area contributed by atoms with Gasteiger partial charge in [0, 0.05) is 43.4 Å². The van der Waals surface area contributed by atoms with Gasteiger partial charge in [0.15, 0.2) is 0 Å². The Morgan fingerprint density at radius 2 is 1.67 bits per heavy atom. The van der Waals surface area contributed by atoms with E-state index < -0.39 is 10.7 Å². The molecule has 27 heavy (non-hydrogen) atoms. The zero-order valence-electron chi connectivity index (χ0n) is 14.5. The first kappa shape index (κ1) is 18.5. The number of hydrogen-bond acceptors (Lipinski definition) is 4. The first-order valence-electron chi connectivity index (χ1n) is 8.50. The Morgan fingerprint density at radius 1 is 1.00 bits per heavy atom. The second-order valence-corrected chi connectivity index (χ2v) is 6.25. The molecule has 0 bridgehead atoms. The molecule has 1 aliphatic rings. The molecule has 3 rings (SSSR count). The van der Waals surface area contributed by atoms with E-state index in [1.54, 1.807) is 34.1 Å². The second kappa shape index (κ2) is 7.94. The summed E-state index contributed by atoms with van der Waals surface area (Å²) in [5, 5.41) is 11.1. The van der Waals surface area contributed by atoms with E-state index in [1.165, 1.54) is 24.3 Å². The van der Waals surface area contributed by atoms with Gasteiger partial charge in [0.2, 0.25) is 5.91 Å². The van der Waals surface area contributed by atoms with Crippen molar-refractivity contribution in [3.05, 3.63) is 75.6 Å². The van der Waals surface area contributed by atoms with E-state index in [2.05, 4.69) is 0 Å². The molecule has 0 aliphatic carbocycles. The van der Waals surface area contributed by atoms with Crippen LogP contribution in [0.5, 0.6) is 0 Å². The van der Waals surface area contributed by atoms with Gasteiger partial charge < -0.3 is 9.80 Å². The molecule has 1 saturated heterocycles. The number of halogens is 1. The SMILES string of the molecule is O=C(Cc1ccccc1[N+](=O)[O-])N1CCN(C(=O)c2cccc(F)c2)CC1. The highest BCUT2D eigenvalue weighted by Crippen LogP contribution is 2.19. The maximum absolute atomic E-state index is 13.3. The Kier molecular flexibility index (Phi) is 5.44. The van der Waals surface area contributed by atoms with Crippen molar-refractivity contribution >= 4 is 17.5 Å². The van der Waals surface area contributed by atoms with Crippen LogP contribution in [0.1, 0.15) is 15.9 Å². The Bertz CT molecular complexity index is 879. The molecule has 2 aromatic carbocycles. The molecular weight excluding hydrogens is 353 g/mol. The van der Waals surface area contributed by atoms with Gasteiger partial charge in [0.25, 0.3) is 11.6 Å². The highest BCUT2D eigenvalue weighted by Gasteiger charge is 2.26. The lowest BCUT2D eigenvalue weighted by atomic mass is 10.1. The van der Waals surface area contributed by atoms with Crippen LogP contribution < -0.4 is 0 Å². The number of hydrogen-bond donors (Lipinski definition) is 0. The number of piperazine rings is 1. The van der Waals surface area contributed by atoms with Crippen LogP contribution in [0.15, 0.2) is 48.5 Å². The van der Waals surface area contributed by atoms with Crippen LogP contribution in [0.3, 0.4) is 0 Å². The molecule has 0 atom stereocenters. The predicted molar refractivity (Wildman–Crippen MR) is 95.7 cm³/mol. The number of para-hydroxylation sites is 1. The fourth-order valence-corrected chi connectivity index (χ4v) is 3.08. The maximum Gasteiger partial charge on any atom is 0.273 e. The van der Waals surface area contributed by atoms with Crippen LogP contribution in [0.2, 0.25) is 0 Å². The second-order valence-electron chi connectivity index (χ2n) is 6.25. The number of nitro groups is 1. The Morgan fingerprint density at radius 3 is 2.33 bits per heavy atom. The first-order chi connectivity index (χ1) is 13.0. The summed E-state index contributed by atoms with van der Waals surface area (Å²) in [4.78, 5) is 38.6. The molecule has 1 aliphatic heterocycles. The van der Waals surface area contributed by atoms with Gasteiger partial charge in [-0.15, -0.1) is 0 Å². The zero-order chi connectivity index (χ0) is 19.4. The summed E-state index contributed by atoms with van der Waals surface area (Å²) >= 11 is 0. The molecule has 7 nitrogen and oxygen atoms in total. The molecule has 2 amide bonds. The third kappa shape index (κ3) is 4.28. The van der Waals surface area contributed by atoms with Crippen LogP contribution in [0.4, 0.5) is 10.1 Å². The lowest BCUT2D eigenvalue weighted by Gasteiger charge is -2.35. The van der Waals surface area contributed by atoms with Crippen molar-refractivity contribution < 1.29 is 18.9 Å². The Labute approximate surface area is 155 Å². The number of nitro benzene ring substituents is 1. The van der Waals surface area contributed by atoms with E-state index in [4.69, 9.17) is 0 Å². The molecular formula is C19H18FN3O4. The van der Waals surface area contributed by atoms with Crippen LogP contribution >= 0.6 is 0 Å². The summed E-state index contributed by atoms with van der Waals surface area (Å²) < 4.78 is 13.3. The normalized spacial score (nSPS) is 14.1. The summed E-state index contributed by atoms with van der Waals surface area (Å²) in [7, 11) is 0. The van der Waals surface area contributed by atoms with Crippen molar-refractivity contribution in [3.8, 4) is 0 Å². The van der Waals surface area contributed by atoms with Crippen LogP contribution in [0, 0.1) is 15.9 Å². The molecule has 0 saturated carbocycles. The van der Waals surface area contributed by atoms with E-state index in [9.17, 15) is 24.1 Å². The molecule has 0 unspecified atom stereocenters. The smallest absolute Gasteiger partial charge is 0.273 e. The average molecular weight is 371 g/mol. The predicted octanol–water partition coefficient (Wildman–Crippen LogP) is 2.26. The minimum absolute atomic E-state index is 0.0605. The molecule has 2 aromatic rings. The Balaban J connectivity index is 1.60. The van der Waals surface area contributed by atoms with Gasteiger partial charge in [-0.2, -0.15) is 0 Å². The zero-order valence-corrected chi connectivity index (χ0v) is 14.5. The number of benzene rings is 2. The number of carbonyl (C=O) groups excluding carboxylic acids is 2. The van der Waals surface area contributed by atoms with Crippen molar-refractivity contribution in [2.75, 3.05) is 26.2 Å². The van der Waals surface area contributed by atoms with Gasteiger partial charge in [-0.25, -0.2) is 4.39 Å². The standard InChI is InChI=1S/C19H18FN3O4/c20-16-6-3-5-15(12-16)19(25)22-10-8-21(9-11-22)18(24)13-14-4-1-2-7-17(14)23(26)27/h1-7,12H,8-11,13H2. The number of amides is 2. The van der Waals surface area contributed by atoms with Crippen molar-refractivity contribution in [3.63, 3.8) is 0 Å². The largest absolute Gasteiger partial charge is 0.339 e. The molecule has 1 fully saturated rings. The Hall–Kier alpha value is -3.29. The molecule has 0 spiro atoms. The van der Waals surface area contributed by atoms with Gasteiger partial charge in [-0.1, -0.05) is 24.3 Å². The molecule has 0 aromatic heterocycles. The van der Waals surface area contributed by atoms with E-state index >= 15 is 0 Å². The van der Waals surface area contributed by atoms with Gasteiger partial charge >= 0.3 is 0 Å². The summed E-state index contributed by atoms with van der Waals surface area (Å²) in [6.45, 7) is 1.33. The highest BCUT2D eigenvalue weighted by atomic mass is 19.1. The van der Waals surface area contributed by atoms with Gasteiger partial charge in [-0.05, 0) is 18.2 Å². The van der Waals surface area contributed by atoms with Gasteiger partial charge in [-0.3, -0.25) is 19.7 Å². The topological polar surface area (TPSA) is 83.8 Å². The number of nitrogens with zero attached hydrogens (tertiary/aromatic N) is 3. The van der Waals surface area contributed by atoms with Crippen LogP contribution in [0.25, 0.3) is 0 Å². The summed E-state index contributed by atoms with van der Waals surface area (Å²) in [5.41, 5.74) is 0.561. The van der Waals surface area contributed by atoms with E-state index in [-0.39, 0.29) is 29.5 Å². The summed E-state index contributed by atoms with van der Waals surface area (Å²) in [5.74, 6) is -0.971. The summed E-state index contributed by atoms with van der Waals surface area (Å²) in [6.07, 6.45) is -0.0605. The monoisotopic (exact) mass is 371 g/mol. The van der Waals surface area contributed by atoms with E-state index in [0.29, 0.717) is 31.7 Å². The van der Waals surface area contributed by atoms with Crippen molar-refractivity contribution in [1.82, 2.24) is 9.80 Å². The minimum Gasteiger partial charge on any atom is -0.339 e. The fourth-order valence-electron chi connectivity index (χ4n) is 3.08. The lowest BCUT2D eigenvalue weighted by Crippen LogP contribution is -2.51. The molecule has 8 heteroatoms. The van der Waals surface area contributed by atoms with Crippen LogP contribution in [-0.4, -0.2) is 52.7 Å². The third-order valence-corrected chi connectivity index (χ3v) is 4.52. The van der Waals surface area contributed by atoms with Crippen molar-refractivity contribution in [1.29, 1.82) is 0 Å². The quantitative estimate of drug-likeness (QED) is 0.610. The fraction of sp³-hybridized carbons (Fsp3) is 0.263. The van der Waals surface area contributed by atoms with Crippen LogP contribution in [-0.2, 0) is 11.2 Å². The third-order valence-electron chi connectivity index (χ3n) is 4.52. The van der Waals surface area contributed by atoms with Crippen molar-refractivity contribution in [2.24, 2.45) is 0 Å². The average Bonchev–Trinajstić information content (AvgIpc) is 2.67. The van der Waals surface area contributed by atoms with E-state index in [0.717, 1.165) is 0 Å². The minimum atomic E-state index is -0.502. The molecule has 1 heterocycles. The van der Waals surface area contributed by atoms with Gasteiger partial charge in [0.05, 0.1) is 11.3 Å². The molecule has 0 radical (unpaired) electrons. The van der Waals surface area contributed by atoms with Gasteiger partial charge in [0.1, 0.15) is 5.82 Å². The lowest BCUT2D eigenvalue weighted by molar-refractivity contribution is -0.385. The molecule has 0 N–H and O–H groups in total. The van der Waals surface area contributed by atoms with Crippen molar-refractivity contribution in [2.45, 2.75) is 6.42 Å². The maximum atomic E-state index is 13.3.